The zero-order valence-electron chi connectivity index (χ0n) is 20.8. The average Bonchev–Trinajstić information content (AvgIpc) is 2.93. The van der Waals surface area contributed by atoms with Crippen molar-refractivity contribution >= 4 is 0 Å². The van der Waals surface area contributed by atoms with Crippen LogP contribution in [0.5, 0.6) is 0 Å². The molecule has 0 aliphatic heterocycles. The van der Waals surface area contributed by atoms with Gasteiger partial charge in [-0.05, 0) is 83.3 Å². The molecule has 4 aromatic carbocycles. The molecule has 0 saturated heterocycles. The van der Waals surface area contributed by atoms with Gasteiger partial charge in [0.05, 0.1) is 0 Å². The zero-order chi connectivity index (χ0) is 24.3. The van der Waals surface area contributed by atoms with Gasteiger partial charge < -0.3 is 11.5 Å². The largest absolute Gasteiger partial charge is 0.330 e. The van der Waals surface area contributed by atoms with Crippen LogP contribution in [0, 0.1) is 0 Å². The molecule has 6 aliphatic carbocycles. The second kappa shape index (κ2) is 8.16. The second-order valence-corrected chi connectivity index (χ2v) is 10.9. The highest BCUT2D eigenvalue weighted by Gasteiger charge is 2.61. The third-order valence-corrected chi connectivity index (χ3v) is 9.55. The Balaban J connectivity index is 1.72. The van der Waals surface area contributed by atoms with E-state index in [1.807, 2.05) is 0 Å². The van der Waals surface area contributed by atoms with Crippen LogP contribution < -0.4 is 11.5 Å². The van der Waals surface area contributed by atoms with Crippen LogP contribution in [-0.2, 0) is 10.8 Å². The first-order valence-electron chi connectivity index (χ1n) is 13.6. The summed E-state index contributed by atoms with van der Waals surface area (Å²) in [6.45, 7) is 1.40. The number of hydrogen-bond donors (Lipinski definition) is 2. The van der Waals surface area contributed by atoms with Crippen LogP contribution >= 0.6 is 0 Å². The Morgan fingerprint density at radius 2 is 0.722 bits per heavy atom. The monoisotopic (exact) mass is 470 g/mol. The van der Waals surface area contributed by atoms with Gasteiger partial charge in [0, 0.05) is 22.7 Å². The molecule has 0 radical (unpaired) electrons. The number of hydrogen-bond acceptors (Lipinski definition) is 2. The molecule has 10 rings (SSSR count). The van der Waals surface area contributed by atoms with Gasteiger partial charge in [0.25, 0.3) is 0 Å². The molecule has 4 aromatic rings. The summed E-state index contributed by atoms with van der Waals surface area (Å²) in [5.74, 6) is 0.483. The average molecular weight is 471 g/mol. The maximum atomic E-state index is 6.23. The fourth-order valence-electron chi connectivity index (χ4n) is 8.52. The van der Waals surface area contributed by atoms with Crippen LogP contribution in [0.15, 0.2) is 97.1 Å². The van der Waals surface area contributed by atoms with Crippen molar-refractivity contribution in [1.29, 1.82) is 0 Å². The van der Waals surface area contributed by atoms with Gasteiger partial charge in [-0.25, -0.2) is 0 Å². The Morgan fingerprint density at radius 1 is 0.444 bits per heavy atom. The SMILES string of the molecule is NCCCC12c3ccccc3C(c3ccccc31)C1(CCCN)c3ccccc3C2c2ccccc21. The lowest BCUT2D eigenvalue weighted by Gasteiger charge is -2.61. The van der Waals surface area contributed by atoms with Gasteiger partial charge in [0.1, 0.15) is 0 Å². The molecule has 0 fully saturated rings. The minimum atomic E-state index is -0.157. The summed E-state index contributed by atoms with van der Waals surface area (Å²) >= 11 is 0. The molecule has 0 heterocycles. The second-order valence-electron chi connectivity index (χ2n) is 10.9. The molecule has 0 amide bonds. The molecule has 6 aliphatic rings. The predicted octanol–water partition coefficient (Wildman–Crippen LogP) is 6.34. The van der Waals surface area contributed by atoms with Crippen molar-refractivity contribution in [2.75, 3.05) is 13.1 Å². The summed E-state index contributed by atoms with van der Waals surface area (Å²) in [5.41, 5.74) is 24.2. The van der Waals surface area contributed by atoms with E-state index in [1.54, 1.807) is 0 Å². The third kappa shape index (κ3) is 2.59. The molecule has 2 nitrogen and oxygen atoms in total. The predicted molar refractivity (Wildman–Crippen MR) is 148 cm³/mol. The van der Waals surface area contributed by atoms with Gasteiger partial charge in [-0.3, -0.25) is 0 Å². The maximum absolute atomic E-state index is 6.23. The maximum Gasteiger partial charge on any atom is 0.0318 e. The van der Waals surface area contributed by atoms with Crippen molar-refractivity contribution in [3.8, 4) is 0 Å². The van der Waals surface area contributed by atoms with E-state index in [1.165, 1.54) is 44.5 Å². The van der Waals surface area contributed by atoms with E-state index in [-0.39, 0.29) is 22.7 Å². The highest BCUT2D eigenvalue weighted by Crippen LogP contribution is 2.70. The van der Waals surface area contributed by atoms with E-state index in [0.29, 0.717) is 13.1 Å². The first-order chi connectivity index (χ1) is 17.8. The lowest BCUT2D eigenvalue weighted by molar-refractivity contribution is 0.301. The van der Waals surface area contributed by atoms with E-state index in [9.17, 15) is 0 Å². The summed E-state index contributed by atoms with van der Waals surface area (Å²) in [6, 6.07) is 37.4. The standard InChI is InChI=1S/C34H34N2/c35-21-9-19-33-27-15-5-1-11-23(27)31(24-12-2-6-16-28(24)33)34(20-10-22-36)29-17-7-3-13-25(29)32(33)26-14-4-8-18-30(26)34/h1-8,11-18,31-32H,9-10,19-22,35-36H2. The topological polar surface area (TPSA) is 52.0 Å². The van der Waals surface area contributed by atoms with E-state index < -0.39 is 0 Å². The Labute approximate surface area is 214 Å². The fraction of sp³-hybridized carbons (Fsp3) is 0.294. The highest BCUT2D eigenvalue weighted by atomic mass is 14.6. The molecule has 0 spiro atoms. The lowest BCUT2D eigenvalue weighted by atomic mass is 9.41. The molecule has 0 atom stereocenters. The van der Waals surface area contributed by atoms with Crippen LogP contribution in [0.1, 0.15) is 82.0 Å². The summed E-state index contributed by atoms with van der Waals surface area (Å²) in [7, 11) is 0. The number of benzene rings is 4. The summed E-state index contributed by atoms with van der Waals surface area (Å²) in [4.78, 5) is 0. The molecule has 0 aromatic heterocycles. The van der Waals surface area contributed by atoms with Crippen molar-refractivity contribution in [2.45, 2.75) is 48.3 Å². The van der Waals surface area contributed by atoms with Gasteiger partial charge >= 0.3 is 0 Å². The van der Waals surface area contributed by atoms with Crippen LogP contribution in [0.2, 0.25) is 0 Å². The minimum absolute atomic E-state index is 0.157. The summed E-state index contributed by atoms with van der Waals surface area (Å²) in [6.07, 6.45) is 4.06. The molecule has 0 saturated carbocycles. The van der Waals surface area contributed by atoms with E-state index in [4.69, 9.17) is 11.5 Å². The Kier molecular flexibility index (Phi) is 4.99. The van der Waals surface area contributed by atoms with Crippen molar-refractivity contribution in [2.24, 2.45) is 11.5 Å². The van der Waals surface area contributed by atoms with Crippen LogP contribution in [-0.4, -0.2) is 13.1 Å². The molecular weight excluding hydrogens is 436 g/mol. The molecule has 2 heteroatoms. The minimum Gasteiger partial charge on any atom is -0.330 e. The van der Waals surface area contributed by atoms with Crippen LogP contribution in [0.3, 0.4) is 0 Å². The van der Waals surface area contributed by atoms with E-state index in [2.05, 4.69) is 97.1 Å². The van der Waals surface area contributed by atoms with E-state index in [0.717, 1.165) is 25.7 Å². The molecule has 180 valence electrons. The van der Waals surface area contributed by atoms with Gasteiger partial charge in [0.15, 0.2) is 0 Å². The Bertz CT molecular complexity index is 1250. The van der Waals surface area contributed by atoms with Crippen molar-refractivity contribution < 1.29 is 0 Å². The summed E-state index contributed by atoms with van der Waals surface area (Å²) in [5, 5.41) is 0. The Morgan fingerprint density at radius 3 is 1.00 bits per heavy atom. The normalized spacial score (nSPS) is 26.4. The van der Waals surface area contributed by atoms with E-state index >= 15 is 0 Å². The van der Waals surface area contributed by atoms with Crippen molar-refractivity contribution in [1.82, 2.24) is 0 Å². The summed E-state index contributed by atoms with van der Waals surface area (Å²) < 4.78 is 0. The smallest absolute Gasteiger partial charge is 0.0318 e. The quantitative estimate of drug-likeness (QED) is 0.345. The molecular formula is C34H34N2. The molecule has 0 unspecified atom stereocenters. The first kappa shape index (κ1) is 22.0. The lowest BCUT2D eigenvalue weighted by Crippen LogP contribution is -2.53. The number of nitrogens with two attached hydrogens (primary N) is 2. The molecule has 4 N–H and O–H groups in total. The first-order valence-corrected chi connectivity index (χ1v) is 13.6. The van der Waals surface area contributed by atoms with Gasteiger partial charge in [0.2, 0.25) is 0 Å². The van der Waals surface area contributed by atoms with Gasteiger partial charge in [-0.15, -0.1) is 0 Å². The van der Waals surface area contributed by atoms with Crippen molar-refractivity contribution in [3.63, 3.8) is 0 Å². The fourth-order valence-corrected chi connectivity index (χ4v) is 8.52. The zero-order valence-corrected chi connectivity index (χ0v) is 20.8. The molecule has 36 heavy (non-hydrogen) atoms. The van der Waals surface area contributed by atoms with Crippen LogP contribution in [0.25, 0.3) is 0 Å². The number of rotatable bonds is 6. The van der Waals surface area contributed by atoms with Gasteiger partial charge in [-0.2, -0.15) is 0 Å². The highest BCUT2D eigenvalue weighted by molar-refractivity contribution is 5.72. The third-order valence-electron chi connectivity index (χ3n) is 9.55. The Hall–Kier alpha value is -3.20. The molecule has 4 bridgehead atoms. The van der Waals surface area contributed by atoms with Crippen molar-refractivity contribution in [3.05, 3.63) is 142 Å². The van der Waals surface area contributed by atoms with Crippen LogP contribution in [0.4, 0.5) is 0 Å². The van der Waals surface area contributed by atoms with Gasteiger partial charge in [-0.1, -0.05) is 97.1 Å².